The third-order valence-electron chi connectivity index (χ3n) is 4.73. The van der Waals surface area contributed by atoms with Gasteiger partial charge in [-0.15, -0.1) is 0 Å². The van der Waals surface area contributed by atoms with Crippen LogP contribution < -0.4 is 15.4 Å². The van der Waals surface area contributed by atoms with Crippen LogP contribution in [0.1, 0.15) is 43.6 Å². The largest absolute Gasteiger partial charge is 0.505 e. The number of carbonyl (C=O) groups excluding carboxylic acids is 2. The number of fused-ring (bicyclic) bond motifs is 1. The summed E-state index contributed by atoms with van der Waals surface area (Å²) in [6.45, 7) is 7.48. The molecule has 154 valence electrons. The van der Waals surface area contributed by atoms with Crippen molar-refractivity contribution >= 4 is 17.5 Å². The topological polar surface area (TPSA) is 87.7 Å². The number of ether oxygens (including phenoxy) is 1. The Bertz CT molecular complexity index is 956. The van der Waals surface area contributed by atoms with Crippen LogP contribution in [0.15, 0.2) is 36.4 Å². The maximum atomic E-state index is 13.2. The molecule has 0 aliphatic carbocycles. The van der Waals surface area contributed by atoms with Gasteiger partial charge in [0.05, 0.1) is 5.69 Å². The first-order valence-corrected chi connectivity index (χ1v) is 9.47. The number of anilines is 1. The van der Waals surface area contributed by atoms with Gasteiger partial charge in [0, 0.05) is 11.1 Å². The molecule has 1 unspecified atom stereocenters. The molecule has 3 rings (SSSR count). The molecular weight excluding hydrogens is 375 g/mol. The number of rotatable bonds is 5. The third-order valence-corrected chi connectivity index (χ3v) is 4.73. The zero-order valence-corrected chi connectivity index (χ0v) is 16.9. The van der Waals surface area contributed by atoms with Crippen molar-refractivity contribution in [1.29, 1.82) is 0 Å². The van der Waals surface area contributed by atoms with Crippen LogP contribution in [0.2, 0.25) is 0 Å². The summed E-state index contributed by atoms with van der Waals surface area (Å²) in [5.74, 6) is -1.10. The van der Waals surface area contributed by atoms with E-state index in [4.69, 9.17) is 4.74 Å². The van der Waals surface area contributed by atoms with Gasteiger partial charge in [-0.2, -0.15) is 0 Å². The molecule has 0 saturated carbocycles. The van der Waals surface area contributed by atoms with E-state index in [9.17, 15) is 19.1 Å². The summed E-state index contributed by atoms with van der Waals surface area (Å²) in [5, 5.41) is 15.3. The van der Waals surface area contributed by atoms with Crippen molar-refractivity contribution in [1.82, 2.24) is 5.32 Å². The average Bonchev–Trinajstić information content (AvgIpc) is 2.62. The number of halogens is 1. The minimum atomic E-state index is -0.686. The zero-order valence-electron chi connectivity index (χ0n) is 16.9. The van der Waals surface area contributed by atoms with E-state index in [-0.39, 0.29) is 17.7 Å². The molecule has 3 N–H and O–H groups in total. The second kappa shape index (κ2) is 7.73. The Balaban J connectivity index is 1.73. The summed E-state index contributed by atoms with van der Waals surface area (Å²) >= 11 is 0. The highest BCUT2D eigenvalue weighted by atomic mass is 19.1. The van der Waals surface area contributed by atoms with E-state index in [1.54, 1.807) is 24.3 Å². The first kappa shape index (κ1) is 20.6. The van der Waals surface area contributed by atoms with Crippen LogP contribution in [0, 0.1) is 11.7 Å². The van der Waals surface area contributed by atoms with Crippen molar-refractivity contribution in [3.05, 3.63) is 53.3 Å². The summed E-state index contributed by atoms with van der Waals surface area (Å²) in [6, 6.07) is 9.00. The highest BCUT2D eigenvalue weighted by Gasteiger charge is 2.31. The molecule has 0 spiro atoms. The van der Waals surface area contributed by atoms with E-state index >= 15 is 0 Å². The molecule has 1 atom stereocenters. The first-order valence-electron chi connectivity index (χ1n) is 9.47. The van der Waals surface area contributed by atoms with Gasteiger partial charge in [-0.3, -0.25) is 9.59 Å². The first-order chi connectivity index (χ1) is 13.6. The van der Waals surface area contributed by atoms with Gasteiger partial charge in [-0.05, 0) is 62.1 Å². The van der Waals surface area contributed by atoms with Crippen molar-refractivity contribution in [3.63, 3.8) is 0 Å². The van der Waals surface area contributed by atoms with Crippen molar-refractivity contribution in [3.8, 4) is 11.5 Å². The van der Waals surface area contributed by atoms with Crippen LogP contribution in [-0.4, -0.2) is 28.6 Å². The van der Waals surface area contributed by atoms with Gasteiger partial charge in [0.15, 0.2) is 17.7 Å². The van der Waals surface area contributed by atoms with Crippen molar-refractivity contribution in [2.24, 2.45) is 5.92 Å². The van der Waals surface area contributed by atoms with Crippen molar-refractivity contribution < 1.29 is 23.8 Å². The van der Waals surface area contributed by atoms with Gasteiger partial charge in [0.2, 0.25) is 0 Å². The van der Waals surface area contributed by atoms with Crippen LogP contribution in [-0.2, 0) is 11.2 Å². The number of aromatic hydroxyl groups is 1. The molecule has 2 aromatic rings. The monoisotopic (exact) mass is 400 g/mol. The molecule has 1 aliphatic heterocycles. The quantitative estimate of drug-likeness (QED) is 0.715. The normalized spacial score (nSPS) is 16.1. The molecular formula is C22H25FN2O4. The Morgan fingerprint density at radius 1 is 1.28 bits per heavy atom. The molecule has 0 radical (unpaired) electrons. The molecule has 2 amide bonds. The van der Waals surface area contributed by atoms with Gasteiger partial charge in [-0.1, -0.05) is 19.9 Å². The highest BCUT2D eigenvalue weighted by Crippen LogP contribution is 2.32. The minimum Gasteiger partial charge on any atom is -0.505 e. The number of phenols is 1. The van der Waals surface area contributed by atoms with E-state index < -0.39 is 23.2 Å². The second-order valence-electron chi connectivity index (χ2n) is 8.28. The van der Waals surface area contributed by atoms with E-state index in [0.717, 1.165) is 0 Å². The summed E-state index contributed by atoms with van der Waals surface area (Å²) < 4.78 is 19.0. The predicted octanol–water partition coefficient (Wildman–Crippen LogP) is 3.64. The van der Waals surface area contributed by atoms with E-state index in [0.29, 0.717) is 29.0 Å². The van der Waals surface area contributed by atoms with Gasteiger partial charge in [0.25, 0.3) is 11.8 Å². The number of hydrogen-bond donors (Lipinski definition) is 3. The lowest BCUT2D eigenvalue weighted by Crippen LogP contribution is -2.45. The summed E-state index contributed by atoms with van der Waals surface area (Å²) in [4.78, 5) is 24.9. The van der Waals surface area contributed by atoms with Crippen LogP contribution >= 0.6 is 0 Å². The lowest BCUT2D eigenvalue weighted by molar-refractivity contribution is -0.125. The average molecular weight is 400 g/mol. The Kier molecular flexibility index (Phi) is 5.50. The van der Waals surface area contributed by atoms with Gasteiger partial charge in [-0.25, -0.2) is 4.39 Å². The number of benzene rings is 2. The number of carbonyl (C=O) groups is 2. The number of phenolic OH excluding ortho intramolecular Hbond substituents is 1. The molecule has 7 heteroatoms. The van der Waals surface area contributed by atoms with E-state index in [2.05, 4.69) is 10.6 Å². The molecule has 0 fully saturated rings. The maximum Gasteiger partial charge on any atom is 0.265 e. The molecule has 1 aliphatic rings. The van der Waals surface area contributed by atoms with Crippen molar-refractivity contribution in [2.45, 2.75) is 45.8 Å². The number of nitrogens with one attached hydrogen (secondary N) is 2. The third kappa shape index (κ3) is 4.67. The maximum absolute atomic E-state index is 13.2. The molecule has 1 heterocycles. The fourth-order valence-electron chi connectivity index (χ4n) is 3.31. The van der Waals surface area contributed by atoms with Gasteiger partial charge in [0.1, 0.15) is 5.75 Å². The SMILES string of the molecule is CC(C)C1Oc2ccc(C(=O)NC(C)(C)Cc3ccc(F)c(O)c3)cc2NC1=O. The number of hydrogen-bond acceptors (Lipinski definition) is 4. The molecule has 0 aromatic heterocycles. The van der Waals surface area contributed by atoms with Crippen LogP contribution in [0.3, 0.4) is 0 Å². The fraction of sp³-hybridized carbons (Fsp3) is 0.364. The Morgan fingerprint density at radius 3 is 2.66 bits per heavy atom. The molecule has 29 heavy (non-hydrogen) atoms. The smallest absolute Gasteiger partial charge is 0.265 e. The van der Waals surface area contributed by atoms with Crippen LogP contribution in [0.5, 0.6) is 11.5 Å². The summed E-state index contributed by atoms with van der Waals surface area (Å²) in [7, 11) is 0. The van der Waals surface area contributed by atoms with E-state index in [1.807, 2.05) is 27.7 Å². The molecule has 0 bridgehead atoms. The summed E-state index contributed by atoms with van der Waals surface area (Å²) in [6.07, 6.45) is -0.166. The lowest BCUT2D eigenvalue weighted by Gasteiger charge is -2.29. The Morgan fingerprint density at radius 2 is 2.00 bits per heavy atom. The summed E-state index contributed by atoms with van der Waals surface area (Å²) in [5.41, 5.74) is 0.881. The standard InChI is InChI=1S/C22H25FN2O4/c1-12(2)19-21(28)24-16-10-14(6-8-18(16)29-19)20(27)25-22(3,4)11-13-5-7-15(23)17(26)9-13/h5-10,12,19,26H,11H2,1-4H3,(H,24,28)(H,25,27). The van der Waals surface area contributed by atoms with E-state index in [1.165, 1.54) is 12.1 Å². The van der Waals surface area contributed by atoms with Gasteiger partial charge >= 0.3 is 0 Å². The molecule has 2 aromatic carbocycles. The second-order valence-corrected chi connectivity index (χ2v) is 8.28. The highest BCUT2D eigenvalue weighted by molar-refractivity contribution is 6.01. The Hall–Kier alpha value is -3.09. The van der Waals surface area contributed by atoms with Crippen LogP contribution in [0.25, 0.3) is 0 Å². The van der Waals surface area contributed by atoms with Crippen molar-refractivity contribution in [2.75, 3.05) is 5.32 Å². The lowest BCUT2D eigenvalue weighted by atomic mass is 9.94. The molecule has 6 nitrogen and oxygen atoms in total. The Labute approximate surface area is 169 Å². The fourth-order valence-corrected chi connectivity index (χ4v) is 3.31. The molecule has 0 saturated heterocycles. The predicted molar refractivity (Wildman–Crippen MR) is 108 cm³/mol. The van der Waals surface area contributed by atoms with Gasteiger partial charge < -0.3 is 20.5 Å². The zero-order chi connectivity index (χ0) is 21.3. The number of amides is 2. The van der Waals surface area contributed by atoms with Crippen LogP contribution in [0.4, 0.5) is 10.1 Å². The minimum absolute atomic E-state index is 0.0258.